The predicted molar refractivity (Wildman–Crippen MR) is 95.4 cm³/mol. The molecule has 0 unspecified atom stereocenters. The number of nitrogens with zero attached hydrogens (tertiary/aromatic N) is 2. The van der Waals surface area contributed by atoms with Gasteiger partial charge in [-0.15, -0.1) is 0 Å². The third-order valence-corrected chi connectivity index (χ3v) is 4.93. The molecule has 0 radical (unpaired) electrons. The van der Waals surface area contributed by atoms with Crippen molar-refractivity contribution in [3.8, 4) is 11.3 Å². The van der Waals surface area contributed by atoms with Gasteiger partial charge in [0.1, 0.15) is 5.82 Å². The second-order valence-electron chi connectivity index (χ2n) is 6.80. The van der Waals surface area contributed by atoms with Crippen LogP contribution in [-0.2, 0) is 4.74 Å². The SMILES string of the molecule is O=[N+]([O-])c1ccc(N[C@H]2CCO[C@H](C3CC3)C2)nc1-c1ccccc1. The Kier molecular flexibility index (Phi) is 4.36. The van der Waals surface area contributed by atoms with Gasteiger partial charge in [0.05, 0.1) is 11.0 Å². The van der Waals surface area contributed by atoms with Crippen LogP contribution in [0.5, 0.6) is 0 Å². The Morgan fingerprint density at radius 3 is 2.64 bits per heavy atom. The fourth-order valence-corrected chi connectivity index (χ4v) is 3.45. The number of rotatable bonds is 5. The topological polar surface area (TPSA) is 77.3 Å². The van der Waals surface area contributed by atoms with Gasteiger partial charge in [-0.1, -0.05) is 30.3 Å². The molecule has 0 amide bonds. The second-order valence-corrected chi connectivity index (χ2v) is 6.80. The molecule has 25 heavy (non-hydrogen) atoms. The molecule has 1 aliphatic heterocycles. The molecule has 4 rings (SSSR count). The number of aromatic nitrogens is 1. The van der Waals surface area contributed by atoms with Crippen molar-refractivity contribution in [3.63, 3.8) is 0 Å². The van der Waals surface area contributed by atoms with Crippen molar-refractivity contribution >= 4 is 11.5 Å². The van der Waals surface area contributed by atoms with Gasteiger partial charge in [-0.2, -0.15) is 0 Å². The number of benzene rings is 1. The maximum absolute atomic E-state index is 11.3. The van der Waals surface area contributed by atoms with E-state index >= 15 is 0 Å². The first-order chi connectivity index (χ1) is 12.2. The molecule has 2 aliphatic rings. The summed E-state index contributed by atoms with van der Waals surface area (Å²) in [4.78, 5) is 15.5. The monoisotopic (exact) mass is 339 g/mol. The lowest BCUT2D eigenvalue weighted by Crippen LogP contribution is -2.35. The summed E-state index contributed by atoms with van der Waals surface area (Å²) in [6.45, 7) is 0.761. The van der Waals surface area contributed by atoms with Gasteiger partial charge in [0, 0.05) is 24.3 Å². The van der Waals surface area contributed by atoms with Crippen molar-refractivity contribution in [2.75, 3.05) is 11.9 Å². The molecule has 1 saturated carbocycles. The first kappa shape index (κ1) is 16.0. The molecule has 1 aromatic heterocycles. The molecule has 0 spiro atoms. The van der Waals surface area contributed by atoms with Gasteiger partial charge in [0.15, 0.2) is 5.69 Å². The fourth-order valence-electron chi connectivity index (χ4n) is 3.45. The highest BCUT2D eigenvalue weighted by molar-refractivity contribution is 5.71. The molecule has 6 heteroatoms. The Labute approximate surface area is 146 Å². The molecule has 2 fully saturated rings. The zero-order chi connectivity index (χ0) is 17.2. The number of pyridine rings is 1. The van der Waals surface area contributed by atoms with E-state index in [1.165, 1.54) is 18.9 Å². The Morgan fingerprint density at radius 2 is 1.92 bits per heavy atom. The van der Waals surface area contributed by atoms with E-state index in [4.69, 9.17) is 4.74 Å². The summed E-state index contributed by atoms with van der Waals surface area (Å²) in [6.07, 6.45) is 4.79. The second kappa shape index (κ2) is 6.80. The average molecular weight is 339 g/mol. The Morgan fingerprint density at radius 1 is 1.12 bits per heavy atom. The largest absolute Gasteiger partial charge is 0.378 e. The smallest absolute Gasteiger partial charge is 0.295 e. The molecular weight excluding hydrogens is 318 g/mol. The molecule has 1 saturated heterocycles. The molecule has 1 aromatic carbocycles. The molecular formula is C19H21N3O3. The summed E-state index contributed by atoms with van der Waals surface area (Å²) in [5, 5.41) is 14.8. The Hall–Kier alpha value is -2.47. The summed E-state index contributed by atoms with van der Waals surface area (Å²) >= 11 is 0. The minimum Gasteiger partial charge on any atom is -0.378 e. The molecule has 2 atom stereocenters. The van der Waals surface area contributed by atoms with Crippen LogP contribution in [0.2, 0.25) is 0 Å². The van der Waals surface area contributed by atoms with E-state index in [-0.39, 0.29) is 10.6 Å². The summed E-state index contributed by atoms with van der Waals surface area (Å²) in [6, 6.07) is 12.8. The molecule has 1 aliphatic carbocycles. The third kappa shape index (κ3) is 3.64. The molecule has 6 nitrogen and oxygen atoms in total. The number of nitro groups is 1. The fraction of sp³-hybridized carbons (Fsp3) is 0.421. The Balaban J connectivity index is 1.57. The van der Waals surface area contributed by atoms with E-state index in [0.717, 1.165) is 25.0 Å². The van der Waals surface area contributed by atoms with Crippen LogP contribution in [0.25, 0.3) is 11.3 Å². The van der Waals surface area contributed by atoms with E-state index in [2.05, 4.69) is 10.3 Å². The summed E-state index contributed by atoms with van der Waals surface area (Å²) < 4.78 is 5.86. The lowest BCUT2D eigenvalue weighted by Gasteiger charge is -2.30. The minimum absolute atomic E-state index is 0.0274. The van der Waals surface area contributed by atoms with Gasteiger partial charge in [0.2, 0.25) is 0 Å². The van der Waals surface area contributed by atoms with Crippen molar-refractivity contribution < 1.29 is 9.66 Å². The third-order valence-electron chi connectivity index (χ3n) is 4.93. The van der Waals surface area contributed by atoms with Crippen LogP contribution < -0.4 is 5.32 Å². The summed E-state index contributed by atoms with van der Waals surface area (Å²) in [7, 11) is 0. The van der Waals surface area contributed by atoms with Gasteiger partial charge in [-0.05, 0) is 37.7 Å². The zero-order valence-electron chi connectivity index (χ0n) is 13.9. The minimum atomic E-state index is -0.378. The molecule has 130 valence electrons. The first-order valence-corrected chi connectivity index (χ1v) is 8.79. The van der Waals surface area contributed by atoms with Crippen LogP contribution in [0.15, 0.2) is 42.5 Å². The van der Waals surface area contributed by atoms with E-state index in [0.29, 0.717) is 29.6 Å². The highest BCUT2D eigenvalue weighted by Crippen LogP contribution is 2.38. The van der Waals surface area contributed by atoms with Crippen LogP contribution in [-0.4, -0.2) is 28.7 Å². The van der Waals surface area contributed by atoms with Crippen molar-refractivity contribution in [1.29, 1.82) is 0 Å². The van der Waals surface area contributed by atoms with Gasteiger partial charge < -0.3 is 10.1 Å². The molecule has 0 bridgehead atoms. The van der Waals surface area contributed by atoms with Crippen LogP contribution in [0.4, 0.5) is 11.5 Å². The van der Waals surface area contributed by atoms with E-state index in [1.807, 2.05) is 30.3 Å². The van der Waals surface area contributed by atoms with E-state index < -0.39 is 0 Å². The number of hydrogen-bond acceptors (Lipinski definition) is 5. The van der Waals surface area contributed by atoms with E-state index in [9.17, 15) is 10.1 Å². The van der Waals surface area contributed by atoms with Crippen molar-refractivity contribution in [3.05, 3.63) is 52.6 Å². The standard InChI is InChI=1S/C19H21N3O3/c23-22(24)16-8-9-18(21-19(16)14-4-2-1-3-5-14)20-15-10-11-25-17(12-15)13-6-7-13/h1-5,8-9,13,15,17H,6-7,10-12H2,(H,20,21)/t15-,17-/m0/s1. The lowest BCUT2D eigenvalue weighted by atomic mass is 10.00. The zero-order valence-corrected chi connectivity index (χ0v) is 13.9. The molecule has 2 heterocycles. The maximum atomic E-state index is 11.3. The quantitative estimate of drug-likeness (QED) is 0.657. The number of hydrogen-bond donors (Lipinski definition) is 1. The highest BCUT2D eigenvalue weighted by Gasteiger charge is 2.36. The summed E-state index contributed by atoms with van der Waals surface area (Å²) in [5.74, 6) is 1.40. The number of anilines is 1. The van der Waals surface area contributed by atoms with Gasteiger partial charge in [-0.25, -0.2) is 4.98 Å². The average Bonchev–Trinajstić information content (AvgIpc) is 3.48. The molecule has 2 aromatic rings. The Bertz CT molecular complexity index is 762. The number of ether oxygens (including phenoxy) is 1. The van der Waals surface area contributed by atoms with E-state index in [1.54, 1.807) is 6.07 Å². The predicted octanol–water partition coefficient (Wildman–Crippen LogP) is 4.03. The van der Waals surface area contributed by atoms with Gasteiger partial charge in [-0.3, -0.25) is 10.1 Å². The molecule has 1 N–H and O–H groups in total. The van der Waals surface area contributed by atoms with Crippen LogP contribution in [0.1, 0.15) is 25.7 Å². The van der Waals surface area contributed by atoms with Crippen LogP contribution in [0.3, 0.4) is 0 Å². The van der Waals surface area contributed by atoms with Crippen LogP contribution >= 0.6 is 0 Å². The van der Waals surface area contributed by atoms with Crippen LogP contribution in [0, 0.1) is 16.0 Å². The van der Waals surface area contributed by atoms with Crippen molar-refractivity contribution in [2.24, 2.45) is 5.92 Å². The van der Waals surface area contributed by atoms with Gasteiger partial charge >= 0.3 is 0 Å². The number of nitrogens with one attached hydrogen (secondary N) is 1. The van der Waals surface area contributed by atoms with Crippen molar-refractivity contribution in [1.82, 2.24) is 4.98 Å². The van der Waals surface area contributed by atoms with Gasteiger partial charge in [0.25, 0.3) is 5.69 Å². The maximum Gasteiger partial charge on any atom is 0.295 e. The first-order valence-electron chi connectivity index (χ1n) is 8.79. The van der Waals surface area contributed by atoms with Crippen molar-refractivity contribution in [2.45, 2.75) is 37.8 Å². The highest BCUT2D eigenvalue weighted by atomic mass is 16.6. The lowest BCUT2D eigenvalue weighted by molar-refractivity contribution is -0.384. The normalized spacial score (nSPS) is 23.2. The summed E-state index contributed by atoms with van der Waals surface area (Å²) in [5.41, 5.74) is 1.18.